The van der Waals surface area contributed by atoms with Gasteiger partial charge in [0.05, 0.1) is 11.2 Å². The van der Waals surface area contributed by atoms with Crippen molar-refractivity contribution in [2.45, 2.75) is 0 Å². The van der Waals surface area contributed by atoms with Gasteiger partial charge >= 0.3 is 0 Å². The van der Waals surface area contributed by atoms with E-state index in [9.17, 15) is 5.48 Å². The Morgan fingerprint density at radius 1 is 0.321 bits per heavy atom. The van der Waals surface area contributed by atoms with Crippen molar-refractivity contribution in [3.63, 3.8) is 0 Å². The van der Waals surface area contributed by atoms with Crippen LogP contribution in [0.4, 0.5) is 17.1 Å². The normalized spacial score (nSPS) is 12.2. The van der Waals surface area contributed by atoms with Crippen LogP contribution in [0.25, 0.3) is 77.6 Å². The fraction of sp³-hybridized carbons (Fsp3) is 0. The first-order valence-corrected chi connectivity index (χ1v) is 18.8. The second-order valence-corrected chi connectivity index (χ2v) is 13.8. The molecule has 0 fully saturated rings. The maximum Gasteiger partial charge on any atom is 0.136 e. The van der Waals surface area contributed by atoms with Crippen LogP contribution < -0.4 is 4.90 Å². The fourth-order valence-corrected chi connectivity index (χ4v) is 7.70. The summed E-state index contributed by atoms with van der Waals surface area (Å²) in [5.74, 6) is 0. The topological polar surface area (TPSA) is 16.4 Å². The van der Waals surface area contributed by atoms with E-state index in [0.717, 1.165) is 66.4 Å². The Morgan fingerprint density at radius 3 is 1.54 bits per heavy atom. The molecule has 0 radical (unpaired) electrons. The highest BCUT2D eigenvalue weighted by molar-refractivity contribution is 6.06. The van der Waals surface area contributed by atoms with E-state index in [0.29, 0.717) is 16.9 Å². The van der Waals surface area contributed by atoms with Gasteiger partial charge in [0.2, 0.25) is 0 Å². The van der Waals surface area contributed by atoms with Crippen molar-refractivity contribution >= 4 is 39.0 Å². The molecule has 0 spiro atoms. The largest absolute Gasteiger partial charge is 0.456 e. The quantitative estimate of drug-likeness (QED) is 0.155. The molecule has 264 valence electrons. The third kappa shape index (κ3) is 6.14. The second-order valence-electron chi connectivity index (χ2n) is 13.8. The van der Waals surface area contributed by atoms with E-state index in [4.69, 9.17) is 4.42 Å². The van der Waals surface area contributed by atoms with Crippen LogP contribution in [-0.2, 0) is 0 Å². The molecular formula is C54H37NO. The summed E-state index contributed by atoms with van der Waals surface area (Å²) in [6.45, 7) is 0. The predicted octanol–water partition coefficient (Wildman–Crippen LogP) is 15.4. The predicted molar refractivity (Wildman–Crippen MR) is 236 cm³/mol. The van der Waals surface area contributed by atoms with Crippen molar-refractivity contribution in [1.29, 1.82) is 0 Å². The first-order valence-electron chi connectivity index (χ1n) is 20.8. The zero-order valence-electron chi connectivity index (χ0n) is 34.4. The van der Waals surface area contributed by atoms with Crippen molar-refractivity contribution in [2.75, 3.05) is 4.90 Å². The molecule has 2 heteroatoms. The average Bonchev–Trinajstić information content (AvgIpc) is 3.69. The number of hydrogen-bond acceptors (Lipinski definition) is 2. The third-order valence-corrected chi connectivity index (χ3v) is 10.4. The summed E-state index contributed by atoms with van der Waals surface area (Å²) in [6, 6.07) is 66.2. The van der Waals surface area contributed by atoms with E-state index in [1.807, 2.05) is 114 Å². The molecule has 0 aliphatic rings. The molecule has 0 unspecified atom stereocenters. The van der Waals surface area contributed by atoms with Gasteiger partial charge in [-0.1, -0.05) is 176 Å². The maximum atomic E-state index is 9.58. The van der Waals surface area contributed by atoms with Gasteiger partial charge in [-0.3, -0.25) is 0 Å². The Hall–Kier alpha value is -7.42. The Kier molecular flexibility index (Phi) is 7.47. The average molecular weight is 720 g/mol. The zero-order valence-corrected chi connectivity index (χ0v) is 30.4. The van der Waals surface area contributed by atoms with Gasteiger partial charge in [0.25, 0.3) is 0 Å². The molecule has 1 aromatic heterocycles. The van der Waals surface area contributed by atoms with Crippen LogP contribution in [0.3, 0.4) is 0 Å². The van der Waals surface area contributed by atoms with Gasteiger partial charge in [-0.2, -0.15) is 0 Å². The van der Waals surface area contributed by atoms with Crippen molar-refractivity contribution in [3.05, 3.63) is 224 Å². The molecule has 56 heavy (non-hydrogen) atoms. The molecule has 0 atom stereocenters. The summed E-state index contributed by atoms with van der Waals surface area (Å²) in [5, 5.41) is 2.13. The molecule has 0 saturated carbocycles. The molecule has 0 saturated heterocycles. The molecule has 10 rings (SSSR count). The molecule has 0 aliphatic carbocycles. The fourth-order valence-electron chi connectivity index (χ4n) is 7.70. The van der Waals surface area contributed by atoms with Gasteiger partial charge in [0.15, 0.2) is 0 Å². The van der Waals surface area contributed by atoms with E-state index >= 15 is 0 Å². The molecule has 9 aromatic carbocycles. The van der Waals surface area contributed by atoms with Gasteiger partial charge in [-0.25, -0.2) is 0 Å². The monoisotopic (exact) mass is 719 g/mol. The Labute approximate surface area is 332 Å². The summed E-state index contributed by atoms with van der Waals surface area (Å²) in [6.07, 6.45) is 0. The first-order chi connectivity index (χ1) is 29.5. The smallest absolute Gasteiger partial charge is 0.136 e. The lowest BCUT2D eigenvalue weighted by atomic mass is 9.88. The highest BCUT2D eigenvalue weighted by Gasteiger charge is 2.20. The lowest BCUT2D eigenvalue weighted by Gasteiger charge is -2.29. The molecular weight excluding hydrogens is 679 g/mol. The maximum absolute atomic E-state index is 9.58. The number of nitrogens with zero attached hydrogens (tertiary/aromatic N) is 1. The SMILES string of the molecule is [2H]c1c([2H])c(N(c2ccc(-c3ccc4c(c3)oc3ccccc34)cc2)c2ccccc2-c2ccccc2-c2ccccc2-c2ccccc2)c([2H])c([2H])c1-c1ccccc1. The lowest BCUT2D eigenvalue weighted by molar-refractivity contribution is 0.669. The molecule has 0 bridgehead atoms. The van der Waals surface area contributed by atoms with Crippen molar-refractivity contribution in [2.24, 2.45) is 0 Å². The Morgan fingerprint density at radius 2 is 0.821 bits per heavy atom. The first kappa shape index (κ1) is 29.0. The highest BCUT2D eigenvalue weighted by Crippen LogP contribution is 2.45. The summed E-state index contributed by atoms with van der Waals surface area (Å²) in [7, 11) is 0. The standard InChI is InChI=1S/C54H37NO/c1-3-15-38(16-4-1)39-27-32-43(33-28-39)55(44-34-29-40(30-35-44)42-31-36-51-50-24-12-14-26-53(50)56-54(51)37-42)52-25-13-11-23-49(52)48-22-10-9-21-47(48)46-20-8-7-19-45(46)41-17-5-2-6-18-41/h1-37H/i27D,28D,32D,33D. The highest BCUT2D eigenvalue weighted by atomic mass is 16.3. The van der Waals surface area contributed by atoms with E-state index in [2.05, 4.69) is 91.0 Å². The van der Waals surface area contributed by atoms with Crippen LogP contribution in [0.1, 0.15) is 5.48 Å². The minimum atomic E-state index is -0.133. The van der Waals surface area contributed by atoms with Crippen LogP contribution in [0, 0.1) is 0 Å². The molecule has 1 heterocycles. The van der Waals surface area contributed by atoms with Crippen molar-refractivity contribution in [3.8, 4) is 55.6 Å². The van der Waals surface area contributed by atoms with Gasteiger partial charge in [-0.15, -0.1) is 0 Å². The summed E-state index contributed by atoms with van der Waals surface area (Å²) in [4.78, 5) is 1.89. The van der Waals surface area contributed by atoms with Gasteiger partial charge in [-0.05, 0) is 98.6 Å². The number of hydrogen-bond donors (Lipinski definition) is 0. The van der Waals surface area contributed by atoms with E-state index in [1.165, 1.54) is 0 Å². The van der Waals surface area contributed by atoms with Crippen molar-refractivity contribution in [1.82, 2.24) is 0 Å². The Balaban J connectivity index is 1.17. The van der Waals surface area contributed by atoms with E-state index < -0.39 is 0 Å². The summed E-state index contributed by atoms with van der Waals surface area (Å²) in [5.41, 5.74) is 12.2. The molecule has 0 amide bonds. The summed E-state index contributed by atoms with van der Waals surface area (Å²) >= 11 is 0. The minimum Gasteiger partial charge on any atom is -0.456 e. The Bertz CT molecular complexity index is 3170. The number of fused-ring (bicyclic) bond motifs is 3. The van der Waals surface area contributed by atoms with Crippen LogP contribution in [0.15, 0.2) is 229 Å². The van der Waals surface area contributed by atoms with Gasteiger partial charge in [0.1, 0.15) is 11.2 Å². The van der Waals surface area contributed by atoms with Gasteiger partial charge in [0, 0.05) is 27.7 Å². The zero-order chi connectivity index (χ0) is 40.7. The van der Waals surface area contributed by atoms with Crippen LogP contribution >= 0.6 is 0 Å². The minimum absolute atomic E-state index is 0.104. The number of anilines is 3. The number of rotatable bonds is 8. The second kappa shape index (κ2) is 14.4. The van der Waals surface area contributed by atoms with E-state index in [-0.39, 0.29) is 35.4 Å². The molecule has 0 N–H and O–H groups in total. The summed E-state index contributed by atoms with van der Waals surface area (Å²) < 4.78 is 44.0. The van der Waals surface area contributed by atoms with E-state index in [1.54, 1.807) is 0 Å². The molecule has 2 nitrogen and oxygen atoms in total. The lowest BCUT2D eigenvalue weighted by Crippen LogP contribution is -2.11. The number of furan rings is 1. The van der Waals surface area contributed by atoms with Gasteiger partial charge < -0.3 is 9.32 Å². The third-order valence-electron chi connectivity index (χ3n) is 10.4. The van der Waals surface area contributed by atoms with Crippen molar-refractivity contribution < 1.29 is 9.90 Å². The van der Waals surface area contributed by atoms with Crippen LogP contribution in [0.5, 0.6) is 0 Å². The molecule has 10 aromatic rings. The molecule has 0 aliphatic heterocycles. The van der Waals surface area contributed by atoms with Crippen LogP contribution in [-0.4, -0.2) is 0 Å². The number of benzene rings is 9. The number of para-hydroxylation sites is 2. The van der Waals surface area contributed by atoms with Crippen LogP contribution in [0.2, 0.25) is 0 Å².